The number of fused-ring (bicyclic) bond motifs is 2. The van der Waals surface area contributed by atoms with Gasteiger partial charge in [0.25, 0.3) is 10.0 Å². The third-order valence-electron chi connectivity index (χ3n) is 7.64. The molecule has 8 heteroatoms. The Balaban J connectivity index is 1.28. The molecule has 0 spiro atoms. The Kier molecular flexibility index (Phi) is 6.34. The Bertz CT molecular complexity index is 1250. The van der Waals surface area contributed by atoms with Crippen molar-refractivity contribution in [1.82, 2.24) is 4.90 Å². The summed E-state index contributed by atoms with van der Waals surface area (Å²) in [6.07, 6.45) is 3.73. The Labute approximate surface area is 207 Å². The molecule has 2 aromatic carbocycles. The van der Waals surface area contributed by atoms with E-state index in [9.17, 15) is 18.0 Å². The van der Waals surface area contributed by atoms with Crippen molar-refractivity contribution in [3.63, 3.8) is 0 Å². The molecule has 0 saturated carbocycles. The smallest absolute Gasteiger partial charge is 0.264 e. The maximum Gasteiger partial charge on any atom is 0.264 e. The molecule has 3 heterocycles. The maximum absolute atomic E-state index is 13.6. The van der Waals surface area contributed by atoms with Gasteiger partial charge in [-0.05, 0) is 73.9 Å². The molecule has 5 rings (SSSR count). The molecule has 1 saturated heterocycles. The first-order valence-electron chi connectivity index (χ1n) is 12.6. The fourth-order valence-electron chi connectivity index (χ4n) is 5.58. The molecule has 1 fully saturated rings. The molecular formula is C27H33N3O4S. The van der Waals surface area contributed by atoms with E-state index in [4.69, 9.17) is 0 Å². The number of benzene rings is 2. The van der Waals surface area contributed by atoms with Crippen LogP contribution in [0.2, 0.25) is 0 Å². The number of hydrogen-bond acceptors (Lipinski definition) is 4. The van der Waals surface area contributed by atoms with Crippen molar-refractivity contribution in [2.45, 2.75) is 63.3 Å². The van der Waals surface area contributed by atoms with Gasteiger partial charge >= 0.3 is 0 Å². The number of piperidine rings is 1. The summed E-state index contributed by atoms with van der Waals surface area (Å²) in [5.74, 6) is 0.616. The second kappa shape index (κ2) is 9.30. The molecule has 2 amide bonds. The van der Waals surface area contributed by atoms with Gasteiger partial charge in [-0.1, -0.05) is 25.1 Å². The molecule has 1 atom stereocenters. The predicted octanol–water partition coefficient (Wildman–Crippen LogP) is 3.75. The summed E-state index contributed by atoms with van der Waals surface area (Å²) in [6, 6.07) is 12.5. The number of para-hydroxylation sites is 1. The Morgan fingerprint density at radius 2 is 1.60 bits per heavy atom. The van der Waals surface area contributed by atoms with Crippen LogP contribution in [0, 0.1) is 5.92 Å². The molecule has 3 aliphatic heterocycles. The monoisotopic (exact) mass is 495 g/mol. The average molecular weight is 496 g/mol. The van der Waals surface area contributed by atoms with E-state index in [-0.39, 0.29) is 35.6 Å². The van der Waals surface area contributed by atoms with Crippen molar-refractivity contribution < 1.29 is 18.0 Å². The second-order valence-corrected chi connectivity index (χ2v) is 11.9. The third kappa shape index (κ3) is 4.44. The first-order valence-corrected chi connectivity index (χ1v) is 14.0. The molecule has 7 nitrogen and oxygen atoms in total. The minimum absolute atomic E-state index is 0.0473. The molecule has 0 aliphatic carbocycles. The zero-order chi connectivity index (χ0) is 24.7. The molecule has 0 unspecified atom stereocenters. The number of sulfonamides is 1. The molecular weight excluding hydrogens is 462 g/mol. The lowest BCUT2D eigenvalue weighted by molar-refractivity contribution is -0.134. The maximum atomic E-state index is 13.6. The van der Waals surface area contributed by atoms with Crippen molar-refractivity contribution in [1.29, 1.82) is 0 Å². The van der Waals surface area contributed by atoms with E-state index < -0.39 is 10.0 Å². The quantitative estimate of drug-likeness (QED) is 0.633. The van der Waals surface area contributed by atoms with Crippen LogP contribution in [0.15, 0.2) is 47.4 Å². The van der Waals surface area contributed by atoms with Gasteiger partial charge < -0.3 is 9.80 Å². The van der Waals surface area contributed by atoms with Crippen LogP contribution in [0.25, 0.3) is 0 Å². The van der Waals surface area contributed by atoms with Gasteiger partial charge in [-0.3, -0.25) is 13.9 Å². The Hall–Kier alpha value is -2.87. The summed E-state index contributed by atoms with van der Waals surface area (Å²) in [5.41, 5.74) is 3.39. The fraction of sp³-hybridized carbons (Fsp3) is 0.481. The van der Waals surface area contributed by atoms with Crippen LogP contribution in [-0.2, 0) is 32.5 Å². The third-order valence-corrected chi connectivity index (χ3v) is 9.56. The highest BCUT2D eigenvalue weighted by molar-refractivity contribution is 7.92. The number of anilines is 2. The predicted molar refractivity (Wildman–Crippen MR) is 136 cm³/mol. The number of amides is 2. The number of carbonyl (C=O) groups is 2. The number of likely N-dealkylation sites (tertiary alicyclic amines) is 1. The first-order chi connectivity index (χ1) is 16.8. The summed E-state index contributed by atoms with van der Waals surface area (Å²) in [7, 11) is -3.72. The van der Waals surface area contributed by atoms with E-state index in [2.05, 4.69) is 6.92 Å². The lowest BCUT2D eigenvalue weighted by Gasteiger charge is -2.30. The minimum Gasteiger partial charge on any atom is -0.343 e. The summed E-state index contributed by atoms with van der Waals surface area (Å²) in [5, 5.41) is 0. The average Bonchev–Trinajstić information content (AvgIpc) is 3.42. The molecule has 0 aromatic heterocycles. The van der Waals surface area contributed by atoms with Crippen LogP contribution in [0.4, 0.5) is 11.4 Å². The highest BCUT2D eigenvalue weighted by Gasteiger charge is 2.37. The highest BCUT2D eigenvalue weighted by atomic mass is 32.2. The standard InChI is InChI=1S/C27H33N3O4S/c1-19-11-14-28(15-12-19)26(31)9-10-27(32)29-16-13-22-18-23(7-8-24(22)29)35(33,34)30-20(2)17-21-5-3-4-6-25(21)30/h3-8,18-20H,9-17H2,1-2H3/t20-/m1/s1. The van der Waals surface area contributed by atoms with Crippen molar-refractivity contribution in [3.05, 3.63) is 53.6 Å². The van der Waals surface area contributed by atoms with E-state index in [1.165, 1.54) is 4.31 Å². The van der Waals surface area contributed by atoms with Crippen LogP contribution in [0.1, 0.15) is 50.7 Å². The van der Waals surface area contributed by atoms with Crippen molar-refractivity contribution in [2.75, 3.05) is 28.8 Å². The molecule has 0 bridgehead atoms. The largest absolute Gasteiger partial charge is 0.343 e. The molecule has 0 N–H and O–H groups in total. The van der Waals surface area contributed by atoms with Gasteiger partial charge in [0.15, 0.2) is 0 Å². The van der Waals surface area contributed by atoms with E-state index in [0.29, 0.717) is 25.3 Å². The van der Waals surface area contributed by atoms with Crippen LogP contribution in [-0.4, -0.2) is 50.8 Å². The summed E-state index contributed by atoms with van der Waals surface area (Å²) in [6.45, 7) is 6.20. The first kappa shape index (κ1) is 23.9. The van der Waals surface area contributed by atoms with Crippen LogP contribution in [0.3, 0.4) is 0 Å². The van der Waals surface area contributed by atoms with E-state index in [1.54, 1.807) is 23.1 Å². The van der Waals surface area contributed by atoms with Crippen LogP contribution in [0.5, 0.6) is 0 Å². The molecule has 0 radical (unpaired) electrons. The van der Waals surface area contributed by atoms with E-state index in [0.717, 1.165) is 48.4 Å². The molecule has 3 aliphatic rings. The van der Waals surface area contributed by atoms with Crippen molar-refractivity contribution >= 4 is 33.2 Å². The van der Waals surface area contributed by atoms with Crippen molar-refractivity contribution in [2.24, 2.45) is 5.92 Å². The lowest BCUT2D eigenvalue weighted by atomic mass is 9.99. The lowest BCUT2D eigenvalue weighted by Crippen LogP contribution is -2.38. The van der Waals surface area contributed by atoms with Gasteiger partial charge in [0.2, 0.25) is 11.8 Å². The normalized spacial score (nSPS) is 20.2. The van der Waals surface area contributed by atoms with Gasteiger partial charge in [-0.2, -0.15) is 0 Å². The zero-order valence-electron chi connectivity index (χ0n) is 20.4. The van der Waals surface area contributed by atoms with Gasteiger partial charge in [0, 0.05) is 44.2 Å². The fourth-order valence-corrected chi connectivity index (χ4v) is 7.32. The Morgan fingerprint density at radius 3 is 2.37 bits per heavy atom. The Morgan fingerprint density at radius 1 is 0.886 bits per heavy atom. The van der Waals surface area contributed by atoms with Gasteiger partial charge in [-0.25, -0.2) is 8.42 Å². The summed E-state index contributed by atoms with van der Waals surface area (Å²) < 4.78 is 28.7. The van der Waals surface area contributed by atoms with E-state index >= 15 is 0 Å². The number of rotatable bonds is 5. The van der Waals surface area contributed by atoms with Gasteiger partial charge in [-0.15, -0.1) is 0 Å². The van der Waals surface area contributed by atoms with Crippen LogP contribution >= 0.6 is 0 Å². The minimum atomic E-state index is -3.72. The highest BCUT2D eigenvalue weighted by Crippen LogP contribution is 2.38. The summed E-state index contributed by atoms with van der Waals surface area (Å²) >= 11 is 0. The topological polar surface area (TPSA) is 78.0 Å². The van der Waals surface area contributed by atoms with Gasteiger partial charge in [0.05, 0.1) is 10.6 Å². The van der Waals surface area contributed by atoms with Crippen molar-refractivity contribution in [3.8, 4) is 0 Å². The number of hydrogen-bond donors (Lipinski definition) is 0. The molecule has 2 aromatic rings. The van der Waals surface area contributed by atoms with Gasteiger partial charge in [0.1, 0.15) is 0 Å². The SMILES string of the molecule is CC1CCN(C(=O)CCC(=O)N2CCc3cc(S(=O)(=O)N4c5ccccc5C[C@H]4C)ccc32)CC1. The zero-order valence-corrected chi connectivity index (χ0v) is 21.3. The molecule has 35 heavy (non-hydrogen) atoms. The summed E-state index contributed by atoms with van der Waals surface area (Å²) in [4.78, 5) is 29.3. The number of carbonyl (C=O) groups excluding carboxylic acids is 2. The number of nitrogens with zero attached hydrogens (tertiary/aromatic N) is 3. The molecule has 186 valence electrons. The second-order valence-electron chi connectivity index (χ2n) is 10.1. The van der Waals surface area contributed by atoms with E-state index in [1.807, 2.05) is 36.1 Å². The van der Waals surface area contributed by atoms with Crippen LogP contribution < -0.4 is 9.21 Å².